The number of H-pyrrole nitrogens is 1. The topological polar surface area (TPSA) is 90.5 Å². The summed E-state index contributed by atoms with van der Waals surface area (Å²) >= 11 is 0. The zero-order valence-corrected chi connectivity index (χ0v) is 10.8. The Bertz CT molecular complexity index is 535. The molecular formula is C13H16N2O4. The molecule has 2 heterocycles. The summed E-state index contributed by atoms with van der Waals surface area (Å²) in [6.45, 7) is 3.66. The van der Waals surface area contributed by atoms with Crippen molar-refractivity contribution in [3.8, 4) is 0 Å². The van der Waals surface area contributed by atoms with E-state index < -0.39 is 12.0 Å². The molecule has 1 saturated heterocycles. The molecule has 0 spiro atoms. The third-order valence-corrected chi connectivity index (χ3v) is 3.53. The molecule has 0 radical (unpaired) electrons. The van der Waals surface area contributed by atoms with Crippen LogP contribution in [-0.4, -0.2) is 45.2 Å². The van der Waals surface area contributed by atoms with Gasteiger partial charge in [0, 0.05) is 18.3 Å². The second-order valence-electron chi connectivity index (χ2n) is 4.91. The lowest BCUT2D eigenvalue weighted by Crippen LogP contribution is -2.42. The van der Waals surface area contributed by atoms with E-state index in [1.807, 2.05) is 6.92 Å². The smallest absolute Gasteiger partial charge is 0.326 e. The van der Waals surface area contributed by atoms with Crippen LogP contribution in [0.1, 0.15) is 41.1 Å². The second-order valence-corrected chi connectivity index (χ2v) is 4.91. The van der Waals surface area contributed by atoms with Gasteiger partial charge in [0.1, 0.15) is 11.7 Å². The second kappa shape index (κ2) is 4.87. The number of nitrogens with one attached hydrogen (secondary N) is 1. The molecule has 2 N–H and O–H groups in total. The summed E-state index contributed by atoms with van der Waals surface area (Å²) in [5, 5.41) is 9.19. The van der Waals surface area contributed by atoms with Crippen molar-refractivity contribution in [1.29, 1.82) is 0 Å². The molecule has 0 aliphatic carbocycles. The fraction of sp³-hybridized carbons (Fsp3) is 0.462. The molecule has 2 atom stereocenters. The SMILES string of the molecule is CC(=O)c1c[nH]c(C(=O)N2CCC(C)C2C(=O)O)c1. The van der Waals surface area contributed by atoms with E-state index in [0.717, 1.165) is 0 Å². The van der Waals surface area contributed by atoms with Crippen molar-refractivity contribution in [1.82, 2.24) is 9.88 Å². The first-order chi connectivity index (χ1) is 8.91. The zero-order valence-electron chi connectivity index (χ0n) is 10.8. The van der Waals surface area contributed by atoms with Gasteiger partial charge in [0.15, 0.2) is 5.78 Å². The number of carbonyl (C=O) groups is 3. The number of nitrogens with zero attached hydrogens (tertiary/aromatic N) is 1. The molecule has 0 aromatic carbocycles. The van der Waals surface area contributed by atoms with E-state index in [2.05, 4.69) is 4.98 Å². The van der Waals surface area contributed by atoms with Crippen LogP contribution < -0.4 is 0 Å². The van der Waals surface area contributed by atoms with E-state index in [1.165, 1.54) is 24.1 Å². The third-order valence-electron chi connectivity index (χ3n) is 3.53. The number of likely N-dealkylation sites (tertiary alicyclic amines) is 1. The highest BCUT2D eigenvalue weighted by molar-refractivity contribution is 6.00. The number of carboxylic acid groups (broad SMARTS) is 1. The molecule has 102 valence electrons. The van der Waals surface area contributed by atoms with Crippen LogP contribution in [0.2, 0.25) is 0 Å². The predicted octanol–water partition coefficient (Wildman–Crippen LogP) is 1.15. The minimum absolute atomic E-state index is 0.0660. The molecule has 1 aliphatic heterocycles. The molecular weight excluding hydrogens is 248 g/mol. The van der Waals surface area contributed by atoms with Gasteiger partial charge in [-0.3, -0.25) is 9.59 Å². The van der Waals surface area contributed by atoms with Gasteiger partial charge in [0.2, 0.25) is 0 Å². The molecule has 1 aromatic heterocycles. The number of carbonyl (C=O) groups excluding carboxylic acids is 2. The van der Waals surface area contributed by atoms with Crippen molar-refractivity contribution >= 4 is 17.7 Å². The molecule has 2 rings (SSSR count). The first-order valence-corrected chi connectivity index (χ1v) is 6.15. The molecule has 1 aromatic rings. The van der Waals surface area contributed by atoms with E-state index in [1.54, 1.807) is 0 Å². The Balaban J connectivity index is 2.23. The van der Waals surface area contributed by atoms with Crippen molar-refractivity contribution in [3.63, 3.8) is 0 Å². The number of Topliss-reactive ketones (excluding diaryl/α,β-unsaturated/α-hetero) is 1. The average molecular weight is 264 g/mol. The van der Waals surface area contributed by atoms with E-state index >= 15 is 0 Å². The molecule has 2 unspecified atom stereocenters. The normalized spacial score (nSPS) is 22.5. The number of aromatic amines is 1. The van der Waals surface area contributed by atoms with Gasteiger partial charge in [-0.25, -0.2) is 4.79 Å². The lowest BCUT2D eigenvalue weighted by molar-refractivity contribution is -0.142. The fourth-order valence-corrected chi connectivity index (χ4v) is 2.43. The Morgan fingerprint density at radius 2 is 2.11 bits per heavy atom. The Hall–Kier alpha value is -2.11. The number of aromatic nitrogens is 1. The summed E-state index contributed by atoms with van der Waals surface area (Å²) in [7, 11) is 0. The molecule has 6 heteroatoms. The van der Waals surface area contributed by atoms with Crippen LogP contribution in [0, 0.1) is 5.92 Å². The van der Waals surface area contributed by atoms with E-state index in [4.69, 9.17) is 0 Å². The first-order valence-electron chi connectivity index (χ1n) is 6.15. The van der Waals surface area contributed by atoms with Crippen LogP contribution >= 0.6 is 0 Å². The minimum atomic E-state index is -0.989. The summed E-state index contributed by atoms with van der Waals surface area (Å²) in [6.07, 6.45) is 2.13. The van der Waals surface area contributed by atoms with Gasteiger partial charge >= 0.3 is 5.97 Å². The number of hydrogen-bond donors (Lipinski definition) is 2. The van der Waals surface area contributed by atoms with Gasteiger partial charge in [-0.1, -0.05) is 6.92 Å². The molecule has 6 nitrogen and oxygen atoms in total. The van der Waals surface area contributed by atoms with Gasteiger partial charge < -0.3 is 15.0 Å². The molecule has 1 amide bonds. The number of hydrogen-bond acceptors (Lipinski definition) is 3. The number of rotatable bonds is 3. The Kier molecular flexibility index (Phi) is 3.42. The van der Waals surface area contributed by atoms with Crippen molar-refractivity contribution in [2.45, 2.75) is 26.3 Å². The van der Waals surface area contributed by atoms with Gasteiger partial charge in [-0.05, 0) is 25.3 Å². The van der Waals surface area contributed by atoms with E-state index in [-0.39, 0.29) is 23.3 Å². The highest BCUT2D eigenvalue weighted by Gasteiger charge is 2.40. The average Bonchev–Trinajstić information content (AvgIpc) is 2.93. The van der Waals surface area contributed by atoms with Gasteiger partial charge in [0.05, 0.1) is 0 Å². The summed E-state index contributed by atoms with van der Waals surface area (Å²) in [5.41, 5.74) is 0.674. The number of aliphatic carboxylic acids is 1. The van der Waals surface area contributed by atoms with Crippen LogP contribution in [0.25, 0.3) is 0 Å². The highest BCUT2D eigenvalue weighted by atomic mass is 16.4. The number of ketones is 1. The summed E-state index contributed by atoms with van der Waals surface area (Å²) < 4.78 is 0. The summed E-state index contributed by atoms with van der Waals surface area (Å²) in [5.74, 6) is -1.57. The van der Waals surface area contributed by atoms with Crippen LogP contribution in [0.15, 0.2) is 12.3 Å². The molecule has 0 saturated carbocycles. The maximum atomic E-state index is 12.3. The summed E-state index contributed by atoms with van der Waals surface area (Å²) in [6, 6.07) is 0.670. The molecule has 19 heavy (non-hydrogen) atoms. The van der Waals surface area contributed by atoms with Crippen molar-refractivity contribution < 1.29 is 19.5 Å². The third kappa shape index (κ3) is 2.38. The van der Waals surface area contributed by atoms with Gasteiger partial charge in [-0.2, -0.15) is 0 Å². The molecule has 1 fully saturated rings. The standard InChI is InChI=1S/C13H16N2O4/c1-7-3-4-15(11(7)13(18)19)12(17)10-5-9(6-14-10)8(2)16/h5-7,11,14H,3-4H2,1-2H3,(H,18,19). The zero-order chi connectivity index (χ0) is 14.2. The van der Waals surface area contributed by atoms with Crippen molar-refractivity contribution in [2.75, 3.05) is 6.54 Å². The number of carboxylic acids is 1. The fourth-order valence-electron chi connectivity index (χ4n) is 2.43. The van der Waals surface area contributed by atoms with Gasteiger partial charge in [-0.15, -0.1) is 0 Å². The van der Waals surface area contributed by atoms with Gasteiger partial charge in [0.25, 0.3) is 5.91 Å². The van der Waals surface area contributed by atoms with Crippen LogP contribution in [0.4, 0.5) is 0 Å². The highest BCUT2D eigenvalue weighted by Crippen LogP contribution is 2.25. The maximum Gasteiger partial charge on any atom is 0.326 e. The molecule has 0 bridgehead atoms. The Morgan fingerprint density at radius 1 is 1.42 bits per heavy atom. The monoisotopic (exact) mass is 264 g/mol. The molecule has 1 aliphatic rings. The van der Waals surface area contributed by atoms with Crippen molar-refractivity contribution in [3.05, 3.63) is 23.5 Å². The quantitative estimate of drug-likeness (QED) is 0.801. The lowest BCUT2D eigenvalue weighted by atomic mass is 10.0. The Labute approximate surface area is 110 Å². The van der Waals surface area contributed by atoms with E-state index in [0.29, 0.717) is 18.5 Å². The summed E-state index contributed by atoms with van der Waals surface area (Å²) in [4.78, 5) is 38.7. The first kappa shape index (κ1) is 13.3. The minimum Gasteiger partial charge on any atom is -0.480 e. The van der Waals surface area contributed by atoms with Crippen LogP contribution in [0.3, 0.4) is 0 Å². The van der Waals surface area contributed by atoms with Crippen LogP contribution in [-0.2, 0) is 4.79 Å². The lowest BCUT2D eigenvalue weighted by Gasteiger charge is -2.22. The Morgan fingerprint density at radius 3 is 2.63 bits per heavy atom. The van der Waals surface area contributed by atoms with Crippen LogP contribution in [0.5, 0.6) is 0 Å². The van der Waals surface area contributed by atoms with E-state index in [9.17, 15) is 19.5 Å². The number of amides is 1. The maximum absolute atomic E-state index is 12.3. The largest absolute Gasteiger partial charge is 0.480 e. The predicted molar refractivity (Wildman–Crippen MR) is 67.0 cm³/mol. The van der Waals surface area contributed by atoms with Crippen molar-refractivity contribution in [2.24, 2.45) is 5.92 Å².